The summed E-state index contributed by atoms with van der Waals surface area (Å²) in [6.45, 7) is 1.99. The first-order valence-corrected chi connectivity index (χ1v) is 13.9. The van der Waals surface area contributed by atoms with Gasteiger partial charge in [0, 0.05) is 38.3 Å². The third-order valence-corrected chi connectivity index (χ3v) is 9.15. The lowest BCUT2D eigenvalue weighted by atomic mass is 9.64. The van der Waals surface area contributed by atoms with Crippen molar-refractivity contribution in [1.29, 1.82) is 0 Å². The van der Waals surface area contributed by atoms with E-state index in [1.807, 2.05) is 60.4 Å². The molecule has 1 saturated heterocycles. The molecule has 40 heavy (non-hydrogen) atoms. The van der Waals surface area contributed by atoms with Gasteiger partial charge in [0.2, 0.25) is 0 Å². The molecule has 0 bridgehead atoms. The van der Waals surface area contributed by atoms with Gasteiger partial charge in [-0.3, -0.25) is 14.4 Å². The van der Waals surface area contributed by atoms with E-state index in [4.69, 9.17) is 23.2 Å². The van der Waals surface area contributed by atoms with Crippen LogP contribution < -0.4 is 4.90 Å². The number of Topliss-reactive ketones (excluding diaryl/α,β-unsaturated/α-hetero) is 3. The SMILES string of the molecule is Cc1ccc2c(c1)N1C(C(=O)c3ccccc3)C(c3ccc(Cl)cc3Cl)C3(C(=O)c4ccccc4C3=O)C1C=C2. The zero-order valence-electron chi connectivity index (χ0n) is 21.5. The number of anilines is 1. The number of nitrogens with zero attached hydrogens (tertiary/aromatic N) is 1. The van der Waals surface area contributed by atoms with Crippen molar-refractivity contribution in [2.45, 2.75) is 24.9 Å². The Balaban J connectivity index is 1.58. The van der Waals surface area contributed by atoms with Crippen molar-refractivity contribution >= 4 is 52.3 Å². The van der Waals surface area contributed by atoms with Gasteiger partial charge < -0.3 is 4.90 Å². The van der Waals surface area contributed by atoms with Crippen molar-refractivity contribution in [3.05, 3.63) is 140 Å². The molecular formula is C34H23Cl2NO3. The minimum atomic E-state index is -1.60. The molecule has 3 atom stereocenters. The molecule has 0 radical (unpaired) electrons. The number of rotatable bonds is 3. The van der Waals surface area contributed by atoms with Crippen LogP contribution in [0, 0.1) is 12.3 Å². The Hall–Kier alpha value is -3.99. The first kappa shape index (κ1) is 25.0. The van der Waals surface area contributed by atoms with Crippen LogP contribution in [0.3, 0.4) is 0 Å². The van der Waals surface area contributed by atoms with Crippen LogP contribution in [0.15, 0.2) is 97.1 Å². The van der Waals surface area contributed by atoms with E-state index >= 15 is 0 Å². The molecule has 2 aliphatic heterocycles. The Kier molecular flexibility index (Phi) is 5.64. The highest BCUT2D eigenvalue weighted by Crippen LogP contribution is 2.61. The van der Waals surface area contributed by atoms with E-state index in [1.165, 1.54) is 0 Å². The maximum Gasteiger partial charge on any atom is 0.185 e. The van der Waals surface area contributed by atoms with Crippen LogP contribution in [0.5, 0.6) is 0 Å². The molecule has 2 heterocycles. The summed E-state index contributed by atoms with van der Waals surface area (Å²) < 4.78 is 0. The van der Waals surface area contributed by atoms with Crippen LogP contribution >= 0.6 is 23.2 Å². The highest BCUT2D eigenvalue weighted by Gasteiger charge is 2.71. The van der Waals surface area contributed by atoms with Crippen LogP contribution in [0.1, 0.15) is 53.7 Å². The molecular weight excluding hydrogens is 541 g/mol. The maximum atomic E-state index is 14.7. The number of carbonyl (C=O) groups excluding carboxylic acids is 3. The van der Waals surface area contributed by atoms with Crippen LogP contribution in [0.25, 0.3) is 6.08 Å². The number of benzene rings is 4. The molecule has 196 valence electrons. The lowest BCUT2D eigenvalue weighted by Crippen LogP contribution is -2.48. The van der Waals surface area contributed by atoms with E-state index in [9.17, 15) is 14.4 Å². The van der Waals surface area contributed by atoms with Crippen molar-refractivity contribution in [1.82, 2.24) is 0 Å². The minimum Gasteiger partial charge on any atom is -0.352 e. The average molecular weight is 564 g/mol. The van der Waals surface area contributed by atoms with Crippen molar-refractivity contribution in [2.75, 3.05) is 4.90 Å². The second-order valence-electron chi connectivity index (χ2n) is 10.7. The van der Waals surface area contributed by atoms with E-state index in [-0.39, 0.29) is 17.3 Å². The number of hydrogen-bond donors (Lipinski definition) is 0. The molecule has 3 unspecified atom stereocenters. The summed E-state index contributed by atoms with van der Waals surface area (Å²) in [6.07, 6.45) is 3.87. The Morgan fingerprint density at radius 1 is 0.825 bits per heavy atom. The van der Waals surface area contributed by atoms with Gasteiger partial charge in [-0.05, 0) is 41.8 Å². The third-order valence-electron chi connectivity index (χ3n) is 8.59. The van der Waals surface area contributed by atoms with Gasteiger partial charge in [-0.1, -0.05) is 108 Å². The molecule has 1 spiro atoms. The first-order chi connectivity index (χ1) is 19.3. The molecule has 7 rings (SSSR count). The molecule has 4 aromatic carbocycles. The zero-order valence-corrected chi connectivity index (χ0v) is 23.0. The van der Waals surface area contributed by atoms with Crippen LogP contribution in [0.4, 0.5) is 5.69 Å². The Labute approximate surface area is 241 Å². The molecule has 4 nitrogen and oxygen atoms in total. The average Bonchev–Trinajstić information content (AvgIpc) is 3.39. The molecule has 1 aliphatic carbocycles. The lowest BCUT2D eigenvalue weighted by molar-refractivity contribution is 0.0666. The summed E-state index contributed by atoms with van der Waals surface area (Å²) in [4.78, 5) is 46.0. The predicted octanol–water partition coefficient (Wildman–Crippen LogP) is 7.62. The summed E-state index contributed by atoms with van der Waals surface area (Å²) in [5.74, 6) is -1.64. The normalized spacial score (nSPS) is 21.9. The van der Waals surface area contributed by atoms with Gasteiger partial charge in [0.15, 0.2) is 17.3 Å². The molecule has 1 fully saturated rings. The molecule has 0 amide bonds. The van der Waals surface area contributed by atoms with E-state index < -0.39 is 23.4 Å². The Morgan fingerprint density at radius 2 is 1.50 bits per heavy atom. The van der Waals surface area contributed by atoms with E-state index in [1.54, 1.807) is 54.6 Å². The number of ketones is 3. The maximum absolute atomic E-state index is 14.7. The number of aryl methyl sites for hydroxylation is 1. The number of fused-ring (bicyclic) bond motifs is 5. The zero-order chi connectivity index (χ0) is 27.8. The number of halogens is 2. The van der Waals surface area contributed by atoms with Gasteiger partial charge in [0.25, 0.3) is 0 Å². The second kappa shape index (κ2) is 9.02. The standard InChI is InChI=1S/C34H23Cl2NO3/c1-19-11-12-20-13-16-28-34(32(39)23-9-5-6-10-24(23)33(34)40)29(25-15-14-22(35)18-26(25)36)30(37(28)27(20)17-19)31(38)21-7-3-2-4-8-21/h2-18,28-30H,1H3. The molecule has 3 aliphatic rings. The predicted molar refractivity (Wildman–Crippen MR) is 158 cm³/mol. The monoisotopic (exact) mass is 563 g/mol. The van der Waals surface area contributed by atoms with Gasteiger partial charge >= 0.3 is 0 Å². The van der Waals surface area contributed by atoms with Crippen molar-refractivity contribution in [3.63, 3.8) is 0 Å². The van der Waals surface area contributed by atoms with E-state index in [0.29, 0.717) is 32.3 Å². The summed E-state index contributed by atoms with van der Waals surface area (Å²) in [7, 11) is 0. The quantitative estimate of drug-likeness (QED) is 0.190. The van der Waals surface area contributed by atoms with Gasteiger partial charge in [-0.2, -0.15) is 0 Å². The van der Waals surface area contributed by atoms with Crippen LogP contribution in [-0.4, -0.2) is 29.4 Å². The molecule has 0 N–H and O–H groups in total. The highest BCUT2D eigenvalue weighted by molar-refractivity contribution is 6.36. The van der Waals surface area contributed by atoms with Crippen molar-refractivity contribution in [3.8, 4) is 0 Å². The van der Waals surface area contributed by atoms with Gasteiger partial charge in [0.1, 0.15) is 11.5 Å². The van der Waals surface area contributed by atoms with Crippen LogP contribution in [-0.2, 0) is 0 Å². The number of hydrogen-bond acceptors (Lipinski definition) is 4. The topological polar surface area (TPSA) is 54.5 Å². The lowest BCUT2D eigenvalue weighted by Gasteiger charge is -2.37. The molecule has 6 heteroatoms. The third kappa shape index (κ3) is 3.30. The fraction of sp³-hybridized carbons (Fsp3) is 0.147. The summed E-state index contributed by atoms with van der Waals surface area (Å²) in [5.41, 5.74) is 2.93. The second-order valence-corrected chi connectivity index (χ2v) is 11.5. The van der Waals surface area contributed by atoms with E-state index in [0.717, 1.165) is 16.8 Å². The largest absolute Gasteiger partial charge is 0.352 e. The Morgan fingerprint density at radius 3 is 2.17 bits per heavy atom. The van der Waals surface area contributed by atoms with Gasteiger partial charge in [-0.25, -0.2) is 0 Å². The smallest absolute Gasteiger partial charge is 0.185 e. The highest BCUT2D eigenvalue weighted by atomic mass is 35.5. The first-order valence-electron chi connectivity index (χ1n) is 13.1. The minimum absolute atomic E-state index is 0.183. The molecule has 0 aromatic heterocycles. The van der Waals surface area contributed by atoms with Crippen molar-refractivity contribution < 1.29 is 14.4 Å². The fourth-order valence-corrected chi connectivity index (χ4v) is 7.47. The summed E-state index contributed by atoms with van der Waals surface area (Å²) >= 11 is 13.2. The number of carbonyl (C=O) groups is 3. The fourth-order valence-electron chi connectivity index (χ4n) is 6.94. The molecule has 4 aromatic rings. The van der Waals surface area contributed by atoms with Crippen molar-refractivity contribution in [2.24, 2.45) is 5.41 Å². The summed E-state index contributed by atoms with van der Waals surface area (Å²) in [6, 6.07) is 25.5. The van der Waals surface area contributed by atoms with Gasteiger partial charge in [-0.15, -0.1) is 0 Å². The van der Waals surface area contributed by atoms with Crippen LogP contribution in [0.2, 0.25) is 10.0 Å². The van der Waals surface area contributed by atoms with Gasteiger partial charge in [0.05, 0.1) is 6.04 Å². The van der Waals surface area contributed by atoms with E-state index in [2.05, 4.69) is 0 Å². The molecule has 0 saturated carbocycles. The Bertz CT molecular complexity index is 1740. The summed E-state index contributed by atoms with van der Waals surface area (Å²) in [5, 5.41) is 0.741.